The molecule has 0 spiro atoms. The van der Waals surface area contributed by atoms with Gasteiger partial charge in [0.2, 0.25) is 0 Å². The summed E-state index contributed by atoms with van der Waals surface area (Å²) in [6.07, 6.45) is -0.445. The summed E-state index contributed by atoms with van der Waals surface area (Å²) >= 11 is 0. The molecule has 1 heterocycles. The molecule has 0 aromatic heterocycles. The normalized spacial score (nSPS) is 23.3. The molecule has 6 nitrogen and oxygen atoms in total. The van der Waals surface area contributed by atoms with Gasteiger partial charge in [-0.2, -0.15) is 0 Å². The number of likely N-dealkylation sites (tertiary alicyclic amines) is 1. The van der Waals surface area contributed by atoms with E-state index in [1.807, 2.05) is 0 Å². The molecule has 1 aliphatic rings. The molecule has 0 unspecified atom stereocenters. The van der Waals surface area contributed by atoms with Crippen LogP contribution in [-0.4, -0.2) is 48.8 Å². The minimum absolute atomic E-state index is 0. The van der Waals surface area contributed by atoms with E-state index in [0.29, 0.717) is 6.54 Å². The van der Waals surface area contributed by atoms with Gasteiger partial charge in [-0.15, -0.1) is 12.4 Å². The lowest BCUT2D eigenvalue weighted by Crippen LogP contribution is -2.36. The van der Waals surface area contributed by atoms with Crippen molar-refractivity contribution >= 4 is 24.5 Å². The highest BCUT2D eigenvalue weighted by Gasteiger charge is 2.39. The number of hydrogen-bond donors (Lipinski definition) is 1. The van der Waals surface area contributed by atoms with Crippen LogP contribution in [0.15, 0.2) is 0 Å². The van der Waals surface area contributed by atoms with Gasteiger partial charge in [-0.05, 0) is 20.8 Å². The molecular weight excluding hydrogens is 260 g/mol. The summed E-state index contributed by atoms with van der Waals surface area (Å²) in [5, 5.41) is 0. The molecule has 0 radical (unpaired) electrons. The van der Waals surface area contributed by atoms with E-state index in [-0.39, 0.29) is 24.9 Å². The average Bonchev–Trinajstić information content (AvgIpc) is 2.57. The van der Waals surface area contributed by atoms with E-state index in [4.69, 9.17) is 10.5 Å². The zero-order chi connectivity index (χ0) is 13.2. The number of carbonyl (C=O) groups is 2. The number of rotatable bonds is 1. The Morgan fingerprint density at radius 2 is 1.83 bits per heavy atom. The van der Waals surface area contributed by atoms with Crippen molar-refractivity contribution in [2.45, 2.75) is 32.4 Å². The first-order valence-corrected chi connectivity index (χ1v) is 5.56. The van der Waals surface area contributed by atoms with Gasteiger partial charge in [-0.3, -0.25) is 4.79 Å². The summed E-state index contributed by atoms with van der Waals surface area (Å²) in [5.41, 5.74) is 5.25. The van der Waals surface area contributed by atoms with Crippen molar-refractivity contribution in [2.75, 3.05) is 20.2 Å². The summed E-state index contributed by atoms with van der Waals surface area (Å²) in [7, 11) is 1.31. The highest BCUT2D eigenvalue weighted by Crippen LogP contribution is 2.19. The minimum Gasteiger partial charge on any atom is -0.469 e. The Kier molecular flexibility index (Phi) is 5.89. The van der Waals surface area contributed by atoms with Gasteiger partial charge in [-0.1, -0.05) is 0 Å². The van der Waals surface area contributed by atoms with Crippen LogP contribution in [0.4, 0.5) is 4.79 Å². The summed E-state index contributed by atoms with van der Waals surface area (Å²) in [5.74, 6) is -0.851. The molecule has 0 saturated carbocycles. The van der Waals surface area contributed by atoms with E-state index in [0.717, 1.165) is 0 Å². The first-order valence-electron chi connectivity index (χ1n) is 5.56. The monoisotopic (exact) mass is 280 g/mol. The predicted octanol–water partition coefficient (Wildman–Crippen LogP) is 0.775. The van der Waals surface area contributed by atoms with Crippen molar-refractivity contribution in [3.05, 3.63) is 0 Å². The molecule has 0 aliphatic carbocycles. The second-order valence-electron chi connectivity index (χ2n) is 5.18. The van der Waals surface area contributed by atoms with E-state index in [1.165, 1.54) is 12.0 Å². The SMILES string of the molecule is COC(=O)[C@H]1CN(C(=O)OC(C)(C)C)C[C@@H]1N.Cl. The topological polar surface area (TPSA) is 81.9 Å². The molecule has 0 aromatic carbocycles. The van der Waals surface area contributed by atoms with E-state index < -0.39 is 23.7 Å². The standard InChI is InChI=1S/C11H20N2O4.ClH/c1-11(2,3)17-10(15)13-5-7(8(12)6-13)9(14)16-4;/h7-8H,5-6,12H2,1-4H3;1H/t7-,8-;/m0./s1. The number of esters is 1. The first-order chi connectivity index (χ1) is 7.74. The van der Waals surface area contributed by atoms with Gasteiger partial charge in [0.1, 0.15) is 5.60 Å². The maximum Gasteiger partial charge on any atom is 0.410 e. The van der Waals surface area contributed by atoms with E-state index in [1.54, 1.807) is 20.8 Å². The van der Waals surface area contributed by atoms with Gasteiger partial charge in [-0.25, -0.2) is 4.79 Å². The Hall–Kier alpha value is -1.01. The van der Waals surface area contributed by atoms with Crippen molar-refractivity contribution in [1.29, 1.82) is 0 Å². The van der Waals surface area contributed by atoms with Crippen LogP contribution in [0.1, 0.15) is 20.8 Å². The molecule has 1 aliphatic heterocycles. The fraction of sp³-hybridized carbons (Fsp3) is 0.818. The molecule has 1 amide bonds. The Balaban J connectivity index is 0.00000289. The van der Waals surface area contributed by atoms with Crippen LogP contribution in [0.5, 0.6) is 0 Å². The van der Waals surface area contributed by atoms with E-state index >= 15 is 0 Å². The predicted molar refractivity (Wildman–Crippen MR) is 68.5 cm³/mol. The molecule has 1 rings (SSSR count). The van der Waals surface area contributed by atoms with Crippen molar-refractivity contribution in [1.82, 2.24) is 4.90 Å². The van der Waals surface area contributed by atoms with Crippen LogP contribution in [0.25, 0.3) is 0 Å². The molecule has 2 N–H and O–H groups in total. The van der Waals surface area contributed by atoms with Crippen molar-refractivity contribution in [3.8, 4) is 0 Å². The van der Waals surface area contributed by atoms with Crippen LogP contribution >= 0.6 is 12.4 Å². The highest BCUT2D eigenvalue weighted by molar-refractivity contribution is 5.85. The van der Waals surface area contributed by atoms with Crippen LogP contribution < -0.4 is 5.73 Å². The second kappa shape index (κ2) is 6.24. The van der Waals surface area contributed by atoms with Gasteiger partial charge in [0.15, 0.2) is 0 Å². The zero-order valence-corrected chi connectivity index (χ0v) is 12.0. The maximum atomic E-state index is 11.8. The summed E-state index contributed by atoms with van der Waals surface area (Å²) in [4.78, 5) is 24.6. The minimum atomic E-state index is -0.551. The Bertz CT molecular complexity index is 317. The third-order valence-corrected chi connectivity index (χ3v) is 2.52. The second-order valence-corrected chi connectivity index (χ2v) is 5.18. The van der Waals surface area contributed by atoms with E-state index in [9.17, 15) is 9.59 Å². The molecule has 0 bridgehead atoms. The fourth-order valence-electron chi connectivity index (χ4n) is 1.71. The number of halogens is 1. The molecule has 7 heteroatoms. The average molecular weight is 281 g/mol. The third-order valence-electron chi connectivity index (χ3n) is 2.52. The highest BCUT2D eigenvalue weighted by atomic mass is 35.5. The van der Waals surface area contributed by atoms with Crippen LogP contribution in [0, 0.1) is 5.92 Å². The van der Waals surface area contributed by atoms with Crippen LogP contribution in [0.2, 0.25) is 0 Å². The van der Waals surface area contributed by atoms with E-state index in [2.05, 4.69) is 4.74 Å². The molecule has 2 atom stereocenters. The number of hydrogen-bond acceptors (Lipinski definition) is 5. The number of nitrogens with two attached hydrogens (primary N) is 1. The van der Waals surface area contributed by atoms with Crippen LogP contribution in [0.3, 0.4) is 0 Å². The van der Waals surface area contributed by atoms with Crippen LogP contribution in [-0.2, 0) is 14.3 Å². The van der Waals surface area contributed by atoms with Gasteiger partial charge in [0.25, 0.3) is 0 Å². The number of ether oxygens (including phenoxy) is 2. The summed E-state index contributed by atoms with van der Waals surface area (Å²) in [6, 6.07) is -0.394. The lowest BCUT2D eigenvalue weighted by atomic mass is 10.1. The Labute approximate surface area is 113 Å². The number of carbonyl (C=O) groups excluding carboxylic acids is 2. The Morgan fingerprint density at radius 3 is 2.28 bits per heavy atom. The third kappa shape index (κ3) is 4.34. The summed E-state index contributed by atoms with van der Waals surface area (Å²) < 4.78 is 9.85. The van der Waals surface area contributed by atoms with Crippen molar-refractivity contribution in [3.63, 3.8) is 0 Å². The molecule has 106 valence electrons. The molecule has 0 aromatic rings. The van der Waals surface area contributed by atoms with Crippen molar-refractivity contribution in [2.24, 2.45) is 11.7 Å². The molecule has 1 saturated heterocycles. The lowest BCUT2D eigenvalue weighted by Gasteiger charge is -2.24. The quantitative estimate of drug-likeness (QED) is 0.718. The van der Waals surface area contributed by atoms with Crippen molar-refractivity contribution < 1.29 is 19.1 Å². The van der Waals surface area contributed by atoms with Gasteiger partial charge < -0.3 is 20.1 Å². The van der Waals surface area contributed by atoms with Gasteiger partial charge >= 0.3 is 12.1 Å². The zero-order valence-electron chi connectivity index (χ0n) is 11.1. The Morgan fingerprint density at radius 1 is 1.28 bits per heavy atom. The molecule has 1 fully saturated rings. The number of nitrogens with zero attached hydrogens (tertiary/aromatic N) is 1. The van der Waals surface area contributed by atoms with Gasteiger partial charge in [0, 0.05) is 19.1 Å². The lowest BCUT2D eigenvalue weighted by molar-refractivity contribution is -0.145. The molecule has 18 heavy (non-hydrogen) atoms. The summed E-state index contributed by atoms with van der Waals surface area (Å²) in [6.45, 7) is 5.94. The first kappa shape index (κ1) is 17.0. The maximum absolute atomic E-state index is 11.8. The largest absolute Gasteiger partial charge is 0.469 e. The van der Waals surface area contributed by atoms with Gasteiger partial charge in [0.05, 0.1) is 13.0 Å². The number of amides is 1. The smallest absolute Gasteiger partial charge is 0.410 e. The number of methoxy groups -OCH3 is 1. The fourth-order valence-corrected chi connectivity index (χ4v) is 1.71. The molecular formula is C11H21ClN2O4.